The molecule has 0 aromatic heterocycles. The lowest BCUT2D eigenvalue weighted by molar-refractivity contribution is 0.475. The van der Waals surface area contributed by atoms with Crippen molar-refractivity contribution in [1.29, 1.82) is 0 Å². The van der Waals surface area contributed by atoms with Gasteiger partial charge in [-0.05, 0) is 29.0 Å². The topological polar surface area (TPSA) is 32.6 Å². The Morgan fingerprint density at radius 1 is 0.850 bits per heavy atom. The number of benzene rings is 3. The normalized spacial score (nSPS) is 11.2. The van der Waals surface area contributed by atoms with E-state index in [1.54, 1.807) is 12.3 Å². The zero-order valence-corrected chi connectivity index (χ0v) is 11.5. The molecule has 3 aromatic rings. The summed E-state index contributed by atoms with van der Waals surface area (Å²) < 4.78 is 4.35. The summed E-state index contributed by atoms with van der Waals surface area (Å²) in [7, 11) is 0. The molecule has 0 radical (unpaired) electrons. The number of nitrogens with zero attached hydrogens (tertiary/aromatic N) is 1. The standard InChI is InChI=1S/C17H13NOS/c19-17-11-10-13-6-4-5-9-15(13)16(17)12-18-20-14-7-2-1-3-8-14/h1-12,19H. The van der Waals surface area contributed by atoms with Crippen molar-refractivity contribution in [3.05, 3.63) is 72.3 Å². The van der Waals surface area contributed by atoms with Crippen LogP contribution in [0.1, 0.15) is 5.56 Å². The summed E-state index contributed by atoms with van der Waals surface area (Å²) in [5, 5.41) is 12.1. The van der Waals surface area contributed by atoms with Crippen molar-refractivity contribution in [2.75, 3.05) is 0 Å². The molecule has 0 aliphatic rings. The minimum atomic E-state index is 0.251. The van der Waals surface area contributed by atoms with Gasteiger partial charge in [0.2, 0.25) is 0 Å². The molecule has 0 atom stereocenters. The van der Waals surface area contributed by atoms with E-state index in [4.69, 9.17) is 0 Å². The zero-order valence-electron chi connectivity index (χ0n) is 10.7. The lowest BCUT2D eigenvalue weighted by Crippen LogP contribution is -1.85. The SMILES string of the molecule is Oc1ccc2ccccc2c1C=NSc1ccccc1. The molecular formula is C17H13NOS. The lowest BCUT2D eigenvalue weighted by atomic mass is 10.0. The van der Waals surface area contributed by atoms with E-state index >= 15 is 0 Å². The molecule has 0 amide bonds. The van der Waals surface area contributed by atoms with Gasteiger partial charge in [-0.3, -0.25) is 0 Å². The second kappa shape index (κ2) is 5.80. The van der Waals surface area contributed by atoms with Gasteiger partial charge in [0, 0.05) is 28.6 Å². The van der Waals surface area contributed by atoms with Crippen LogP contribution in [0.15, 0.2) is 76.0 Å². The Morgan fingerprint density at radius 2 is 1.60 bits per heavy atom. The van der Waals surface area contributed by atoms with Crippen molar-refractivity contribution in [2.24, 2.45) is 4.40 Å². The smallest absolute Gasteiger partial charge is 0.125 e. The Hall–Kier alpha value is -2.26. The van der Waals surface area contributed by atoms with Crippen molar-refractivity contribution >= 4 is 28.9 Å². The van der Waals surface area contributed by atoms with Crippen molar-refractivity contribution < 1.29 is 5.11 Å². The van der Waals surface area contributed by atoms with Crippen LogP contribution in [0.2, 0.25) is 0 Å². The minimum Gasteiger partial charge on any atom is -0.507 e. The van der Waals surface area contributed by atoms with Gasteiger partial charge >= 0.3 is 0 Å². The van der Waals surface area contributed by atoms with Crippen LogP contribution in [0.5, 0.6) is 5.75 Å². The highest BCUT2D eigenvalue weighted by Crippen LogP contribution is 2.26. The number of aromatic hydroxyl groups is 1. The molecule has 3 rings (SSSR count). The summed E-state index contributed by atoms with van der Waals surface area (Å²) in [6, 6.07) is 21.5. The first kappa shape index (κ1) is 12.8. The number of phenols is 1. The number of rotatable bonds is 3. The lowest BCUT2D eigenvalue weighted by Gasteiger charge is -2.04. The predicted octanol–water partition coefficient (Wildman–Crippen LogP) is 4.67. The zero-order chi connectivity index (χ0) is 13.8. The predicted molar refractivity (Wildman–Crippen MR) is 85.5 cm³/mol. The molecule has 0 bridgehead atoms. The maximum Gasteiger partial charge on any atom is 0.125 e. The molecule has 1 N–H and O–H groups in total. The Balaban J connectivity index is 1.92. The van der Waals surface area contributed by atoms with Crippen molar-refractivity contribution in [3.63, 3.8) is 0 Å². The molecule has 0 aliphatic carbocycles. The van der Waals surface area contributed by atoms with Gasteiger partial charge in [0.25, 0.3) is 0 Å². The van der Waals surface area contributed by atoms with Crippen LogP contribution in [0, 0.1) is 0 Å². The Labute approximate surface area is 121 Å². The van der Waals surface area contributed by atoms with Crippen molar-refractivity contribution in [1.82, 2.24) is 0 Å². The first-order valence-corrected chi connectivity index (χ1v) is 7.08. The molecule has 2 nitrogen and oxygen atoms in total. The van der Waals surface area contributed by atoms with Gasteiger partial charge in [-0.1, -0.05) is 48.5 Å². The van der Waals surface area contributed by atoms with E-state index in [-0.39, 0.29) is 5.75 Å². The molecule has 0 aliphatic heterocycles. The third-order valence-electron chi connectivity index (χ3n) is 3.03. The molecule has 0 saturated carbocycles. The maximum absolute atomic E-state index is 10.0. The average Bonchev–Trinajstić information content (AvgIpc) is 2.50. The summed E-state index contributed by atoms with van der Waals surface area (Å²) in [6.45, 7) is 0. The molecule has 3 aromatic carbocycles. The molecule has 0 unspecified atom stereocenters. The first-order chi connectivity index (χ1) is 9.84. The monoisotopic (exact) mass is 279 g/mol. The Bertz CT molecular complexity index is 753. The van der Waals surface area contributed by atoms with E-state index in [1.165, 1.54) is 11.9 Å². The van der Waals surface area contributed by atoms with Gasteiger partial charge in [-0.25, -0.2) is 4.40 Å². The molecular weight excluding hydrogens is 266 g/mol. The molecule has 0 spiro atoms. The van der Waals surface area contributed by atoms with Crippen LogP contribution in [0.25, 0.3) is 10.8 Å². The fraction of sp³-hybridized carbons (Fsp3) is 0. The third kappa shape index (κ3) is 2.68. The van der Waals surface area contributed by atoms with Gasteiger partial charge in [-0.15, -0.1) is 0 Å². The molecule has 20 heavy (non-hydrogen) atoms. The maximum atomic E-state index is 10.0. The summed E-state index contributed by atoms with van der Waals surface area (Å²) in [5.74, 6) is 0.251. The number of hydrogen-bond acceptors (Lipinski definition) is 3. The molecule has 0 heterocycles. The summed E-state index contributed by atoms with van der Waals surface area (Å²) in [6.07, 6.45) is 1.72. The van der Waals surface area contributed by atoms with E-state index in [0.29, 0.717) is 0 Å². The average molecular weight is 279 g/mol. The van der Waals surface area contributed by atoms with Gasteiger partial charge in [-0.2, -0.15) is 0 Å². The largest absolute Gasteiger partial charge is 0.507 e. The van der Waals surface area contributed by atoms with Gasteiger partial charge in [0.05, 0.1) is 0 Å². The summed E-state index contributed by atoms with van der Waals surface area (Å²) in [5.41, 5.74) is 0.756. The van der Waals surface area contributed by atoms with E-state index in [1.807, 2.05) is 60.7 Å². The first-order valence-electron chi connectivity index (χ1n) is 6.31. The second-order valence-electron chi connectivity index (χ2n) is 4.36. The molecule has 98 valence electrons. The highest BCUT2D eigenvalue weighted by molar-refractivity contribution is 7.98. The van der Waals surface area contributed by atoms with E-state index < -0.39 is 0 Å². The van der Waals surface area contributed by atoms with E-state index in [0.717, 1.165) is 21.2 Å². The number of hydrogen-bond donors (Lipinski definition) is 1. The highest BCUT2D eigenvalue weighted by atomic mass is 32.2. The molecule has 3 heteroatoms. The minimum absolute atomic E-state index is 0.251. The quantitative estimate of drug-likeness (QED) is 0.558. The Kier molecular flexibility index (Phi) is 3.70. The second-order valence-corrected chi connectivity index (χ2v) is 5.22. The number of phenolic OH excluding ortho intramolecular Hbond substituents is 1. The number of fused-ring (bicyclic) bond motifs is 1. The van der Waals surface area contributed by atoms with E-state index in [2.05, 4.69) is 4.40 Å². The summed E-state index contributed by atoms with van der Waals surface area (Å²) >= 11 is 1.39. The third-order valence-corrected chi connectivity index (χ3v) is 3.72. The van der Waals surface area contributed by atoms with Gasteiger partial charge in [0.15, 0.2) is 0 Å². The van der Waals surface area contributed by atoms with Gasteiger partial charge < -0.3 is 5.11 Å². The highest BCUT2D eigenvalue weighted by Gasteiger charge is 2.03. The Morgan fingerprint density at radius 3 is 2.45 bits per heavy atom. The fourth-order valence-corrected chi connectivity index (χ4v) is 2.60. The van der Waals surface area contributed by atoms with Crippen LogP contribution in [-0.4, -0.2) is 11.3 Å². The summed E-state index contributed by atoms with van der Waals surface area (Å²) in [4.78, 5) is 1.07. The van der Waals surface area contributed by atoms with E-state index in [9.17, 15) is 5.11 Å². The van der Waals surface area contributed by atoms with Crippen LogP contribution in [0.4, 0.5) is 0 Å². The fourth-order valence-electron chi connectivity index (χ4n) is 2.04. The van der Waals surface area contributed by atoms with Crippen LogP contribution < -0.4 is 0 Å². The van der Waals surface area contributed by atoms with Crippen LogP contribution in [0.3, 0.4) is 0 Å². The van der Waals surface area contributed by atoms with Crippen molar-refractivity contribution in [3.8, 4) is 5.75 Å². The molecule has 0 fully saturated rings. The molecule has 0 saturated heterocycles. The van der Waals surface area contributed by atoms with Gasteiger partial charge in [0.1, 0.15) is 5.75 Å². The van der Waals surface area contributed by atoms with Crippen LogP contribution in [-0.2, 0) is 0 Å². The van der Waals surface area contributed by atoms with Crippen LogP contribution >= 0.6 is 11.9 Å². The van der Waals surface area contributed by atoms with Crippen molar-refractivity contribution in [2.45, 2.75) is 4.90 Å².